The molecule has 0 unspecified atom stereocenters. The molecule has 0 bridgehead atoms. The number of esters is 1. The standard InChI is InChI=1S/C20H26N4O2/c1-5-13(4)11-26-20(25)16-17-19(24(18(16)21)10-12(2)3)23-15-9-7-6-8-14(15)22-17/h6-9,12-13H,5,10-11,21H2,1-4H3/t13-/m1/s1. The van der Waals surface area contributed by atoms with Gasteiger partial charge in [-0.1, -0.05) is 46.2 Å². The van der Waals surface area contributed by atoms with Crippen molar-refractivity contribution in [1.82, 2.24) is 14.5 Å². The van der Waals surface area contributed by atoms with Crippen molar-refractivity contribution >= 4 is 34.0 Å². The normalized spacial score (nSPS) is 12.8. The van der Waals surface area contributed by atoms with Gasteiger partial charge in [-0.25, -0.2) is 14.8 Å². The first-order chi connectivity index (χ1) is 12.4. The second-order valence-electron chi connectivity index (χ2n) is 7.26. The second-order valence-corrected chi connectivity index (χ2v) is 7.26. The lowest BCUT2D eigenvalue weighted by Gasteiger charge is -2.11. The Morgan fingerprint density at radius 3 is 2.46 bits per heavy atom. The molecule has 0 fully saturated rings. The third-order valence-corrected chi connectivity index (χ3v) is 4.54. The fourth-order valence-corrected chi connectivity index (χ4v) is 2.88. The van der Waals surface area contributed by atoms with Crippen LogP contribution in [-0.4, -0.2) is 27.1 Å². The Bertz CT molecular complexity index is 946. The maximum atomic E-state index is 12.8. The zero-order valence-corrected chi connectivity index (χ0v) is 15.8. The number of carbonyl (C=O) groups is 1. The molecule has 0 saturated carbocycles. The molecule has 2 aromatic heterocycles. The maximum absolute atomic E-state index is 12.8. The number of para-hydroxylation sites is 2. The van der Waals surface area contributed by atoms with Crippen LogP contribution in [0.5, 0.6) is 0 Å². The van der Waals surface area contributed by atoms with E-state index < -0.39 is 5.97 Å². The topological polar surface area (TPSA) is 83.0 Å². The van der Waals surface area contributed by atoms with Gasteiger partial charge in [0.05, 0.1) is 17.6 Å². The van der Waals surface area contributed by atoms with Crippen LogP contribution in [0.3, 0.4) is 0 Å². The molecule has 26 heavy (non-hydrogen) atoms. The number of fused-ring (bicyclic) bond motifs is 2. The first kappa shape index (κ1) is 18.2. The number of ether oxygens (including phenoxy) is 1. The molecule has 3 rings (SSSR count). The van der Waals surface area contributed by atoms with E-state index in [0.717, 1.165) is 17.5 Å². The van der Waals surface area contributed by atoms with E-state index in [2.05, 4.69) is 25.8 Å². The third-order valence-electron chi connectivity index (χ3n) is 4.54. The van der Waals surface area contributed by atoms with Crippen LogP contribution in [0.4, 0.5) is 5.82 Å². The first-order valence-corrected chi connectivity index (χ1v) is 9.13. The Morgan fingerprint density at radius 1 is 1.19 bits per heavy atom. The summed E-state index contributed by atoms with van der Waals surface area (Å²) in [6, 6.07) is 7.61. The summed E-state index contributed by atoms with van der Waals surface area (Å²) >= 11 is 0. The van der Waals surface area contributed by atoms with Crippen molar-refractivity contribution in [2.75, 3.05) is 12.3 Å². The van der Waals surface area contributed by atoms with Crippen LogP contribution in [0.15, 0.2) is 24.3 Å². The molecule has 0 aliphatic carbocycles. The Hall–Kier alpha value is -2.63. The zero-order chi connectivity index (χ0) is 18.8. The van der Waals surface area contributed by atoms with Crippen LogP contribution in [-0.2, 0) is 11.3 Å². The summed E-state index contributed by atoms with van der Waals surface area (Å²) in [5.41, 5.74) is 9.32. The molecule has 0 saturated heterocycles. The summed E-state index contributed by atoms with van der Waals surface area (Å²) < 4.78 is 7.37. The average molecular weight is 354 g/mol. The highest BCUT2D eigenvalue weighted by atomic mass is 16.5. The van der Waals surface area contributed by atoms with Gasteiger partial charge in [-0.2, -0.15) is 0 Å². The number of aromatic nitrogens is 3. The molecule has 6 heteroatoms. The van der Waals surface area contributed by atoms with Gasteiger partial charge in [-0.05, 0) is 24.0 Å². The second kappa shape index (κ2) is 7.32. The zero-order valence-electron chi connectivity index (χ0n) is 15.8. The molecule has 138 valence electrons. The molecule has 0 spiro atoms. The summed E-state index contributed by atoms with van der Waals surface area (Å²) in [5, 5.41) is 0. The van der Waals surface area contributed by atoms with Crippen LogP contribution >= 0.6 is 0 Å². The fourth-order valence-electron chi connectivity index (χ4n) is 2.88. The van der Waals surface area contributed by atoms with Gasteiger partial charge in [0.2, 0.25) is 0 Å². The fraction of sp³-hybridized carbons (Fsp3) is 0.450. The van der Waals surface area contributed by atoms with E-state index in [1.165, 1.54) is 0 Å². The van der Waals surface area contributed by atoms with Crippen LogP contribution in [0.1, 0.15) is 44.5 Å². The number of anilines is 1. The Balaban J connectivity index is 2.15. The van der Waals surface area contributed by atoms with E-state index in [1.807, 2.05) is 35.8 Å². The number of benzene rings is 1. The molecular formula is C20H26N4O2. The van der Waals surface area contributed by atoms with Gasteiger partial charge >= 0.3 is 5.97 Å². The summed E-state index contributed by atoms with van der Waals surface area (Å²) in [7, 11) is 0. The molecule has 2 heterocycles. The predicted octanol–water partition coefficient (Wildman–Crippen LogP) is 4.03. The largest absolute Gasteiger partial charge is 0.462 e. The smallest absolute Gasteiger partial charge is 0.344 e. The molecule has 6 nitrogen and oxygen atoms in total. The first-order valence-electron chi connectivity index (χ1n) is 9.13. The van der Waals surface area contributed by atoms with Gasteiger partial charge in [0, 0.05) is 6.54 Å². The quantitative estimate of drug-likeness (QED) is 0.676. The number of rotatable bonds is 6. The van der Waals surface area contributed by atoms with E-state index in [0.29, 0.717) is 47.5 Å². The van der Waals surface area contributed by atoms with Gasteiger partial charge < -0.3 is 15.0 Å². The Morgan fingerprint density at radius 2 is 1.85 bits per heavy atom. The van der Waals surface area contributed by atoms with Crippen molar-refractivity contribution in [2.24, 2.45) is 11.8 Å². The molecule has 2 N–H and O–H groups in total. The number of hydrogen-bond acceptors (Lipinski definition) is 5. The Labute approximate surface area is 153 Å². The van der Waals surface area contributed by atoms with E-state index in [-0.39, 0.29) is 0 Å². The number of nitrogens with zero attached hydrogens (tertiary/aromatic N) is 3. The minimum atomic E-state index is -0.431. The van der Waals surface area contributed by atoms with Gasteiger partial charge in [0.15, 0.2) is 5.65 Å². The predicted molar refractivity (Wildman–Crippen MR) is 104 cm³/mol. The van der Waals surface area contributed by atoms with Crippen LogP contribution in [0.2, 0.25) is 0 Å². The minimum absolute atomic E-state index is 0.302. The molecule has 0 aliphatic heterocycles. The monoisotopic (exact) mass is 354 g/mol. The van der Waals surface area contributed by atoms with Crippen molar-refractivity contribution in [3.05, 3.63) is 29.8 Å². The number of hydrogen-bond donors (Lipinski definition) is 1. The van der Waals surface area contributed by atoms with Crippen LogP contribution < -0.4 is 5.73 Å². The van der Waals surface area contributed by atoms with Crippen molar-refractivity contribution in [3.63, 3.8) is 0 Å². The molecule has 1 aromatic carbocycles. The summed E-state index contributed by atoms with van der Waals surface area (Å²) in [5.74, 6) is 0.597. The lowest BCUT2D eigenvalue weighted by atomic mass is 10.1. The van der Waals surface area contributed by atoms with E-state index in [4.69, 9.17) is 15.5 Å². The van der Waals surface area contributed by atoms with E-state index >= 15 is 0 Å². The summed E-state index contributed by atoms with van der Waals surface area (Å²) in [6.07, 6.45) is 0.947. The van der Waals surface area contributed by atoms with Crippen molar-refractivity contribution in [2.45, 2.75) is 40.7 Å². The molecule has 0 amide bonds. The molecule has 0 radical (unpaired) electrons. The van der Waals surface area contributed by atoms with E-state index in [9.17, 15) is 4.79 Å². The summed E-state index contributed by atoms with van der Waals surface area (Å²) in [6.45, 7) is 9.34. The highest BCUT2D eigenvalue weighted by Crippen LogP contribution is 2.29. The molecule has 1 atom stereocenters. The lowest BCUT2D eigenvalue weighted by molar-refractivity contribution is 0.0450. The molecule has 0 aliphatic rings. The van der Waals surface area contributed by atoms with Crippen molar-refractivity contribution < 1.29 is 9.53 Å². The van der Waals surface area contributed by atoms with Crippen LogP contribution in [0, 0.1) is 11.8 Å². The SMILES string of the molecule is CC[C@@H](C)COC(=O)c1c(N)n(CC(C)C)c2nc3ccccc3nc12. The van der Waals surface area contributed by atoms with Gasteiger partial charge in [-0.15, -0.1) is 0 Å². The van der Waals surface area contributed by atoms with Crippen molar-refractivity contribution in [1.29, 1.82) is 0 Å². The number of nitrogen functional groups attached to an aromatic ring is 1. The molecule has 3 aromatic rings. The van der Waals surface area contributed by atoms with Crippen LogP contribution in [0.25, 0.3) is 22.2 Å². The van der Waals surface area contributed by atoms with E-state index in [1.54, 1.807) is 0 Å². The summed E-state index contributed by atoms with van der Waals surface area (Å²) in [4.78, 5) is 22.1. The van der Waals surface area contributed by atoms with Gasteiger partial charge in [0.25, 0.3) is 0 Å². The number of nitrogens with two attached hydrogens (primary N) is 1. The van der Waals surface area contributed by atoms with Gasteiger partial charge in [-0.3, -0.25) is 0 Å². The maximum Gasteiger partial charge on any atom is 0.344 e. The lowest BCUT2D eigenvalue weighted by Crippen LogP contribution is -2.14. The average Bonchev–Trinajstić information content (AvgIpc) is 2.88. The highest BCUT2D eigenvalue weighted by molar-refractivity contribution is 6.08. The number of carbonyl (C=O) groups excluding carboxylic acids is 1. The minimum Gasteiger partial charge on any atom is -0.462 e. The molecular weight excluding hydrogens is 328 g/mol. The van der Waals surface area contributed by atoms with Gasteiger partial charge in [0.1, 0.15) is 16.9 Å². The highest BCUT2D eigenvalue weighted by Gasteiger charge is 2.25. The Kier molecular flexibility index (Phi) is 5.11. The van der Waals surface area contributed by atoms with Crippen molar-refractivity contribution in [3.8, 4) is 0 Å². The third kappa shape index (κ3) is 3.36.